The third kappa shape index (κ3) is 4.24. The van der Waals surface area contributed by atoms with Gasteiger partial charge < -0.3 is 10.4 Å². The number of halogens is 2. The van der Waals surface area contributed by atoms with E-state index in [2.05, 4.69) is 20.4 Å². The maximum atomic E-state index is 12.4. The molecule has 27 heavy (non-hydrogen) atoms. The van der Waals surface area contributed by atoms with E-state index in [1.54, 1.807) is 12.1 Å². The molecule has 3 heterocycles. The number of rotatable bonds is 6. The van der Waals surface area contributed by atoms with Gasteiger partial charge >= 0.3 is 5.97 Å². The zero-order valence-corrected chi connectivity index (χ0v) is 15.7. The number of aliphatic carboxylic acids is 1. The molecule has 0 fully saturated rings. The molecule has 0 spiro atoms. The van der Waals surface area contributed by atoms with Crippen LogP contribution in [0.25, 0.3) is 5.65 Å². The molecule has 9 nitrogen and oxygen atoms in total. The van der Waals surface area contributed by atoms with Crippen molar-refractivity contribution in [2.45, 2.75) is 10.8 Å². The molecule has 3 aromatic rings. The van der Waals surface area contributed by atoms with Gasteiger partial charge in [0.15, 0.2) is 11.1 Å². The molecule has 0 aromatic carbocycles. The second-order valence-electron chi connectivity index (χ2n) is 5.22. The highest BCUT2D eigenvalue weighted by Crippen LogP contribution is 2.26. The average Bonchev–Trinajstić information content (AvgIpc) is 3.08. The Hall–Kier alpha value is -2.56. The third-order valence-electron chi connectivity index (χ3n) is 3.43. The standard InChI is InChI=1S/C15H11Cl2N5O4S/c16-9-2-1-7(13(17)21-9)5-27-10-3-8(23)12(14-19-6-20-22(10)14)15(26)18-4-11(24)25/h1-3,6H,4-5H2,(H,18,26)(H,19,20)(H,24,25). The highest BCUT2D eigenvalue weighted by atomic mass is 35.5. The van der Waals surface area contributed by atoms with E-state index in [1.807, 2.05) is 0 Å². The number of thioether (sulfide) groups is 1. The minimum atomic E-state index is -1.22. The molecule has 0 aliphatic heterocycles. The van der Waals surface area contributed by atoms with Gasteiger partial charge in [-0.25, -0.2) is 14.5 Å². The largest absolute Gasteiger partial charge is 0.480 e. The second kappa shape index (κ2) is 7.99. The van der Waals surface area contributed by atoms with Gasteiger partial charge in [0.05, 0.1) is 0 Å². The summed E-state index contributed by atoms with van der Waals surface area (Å²) in [6.45, 7) is -0.604. The molecular weight excluding hydrogens is 417 g/mol. The van der Waals surface area contributed by atoms with Gasteiger partial charge in [0.2, 0.25) is 0 Å². The minimum Gasteiger partial charge on any atom is -0.480 e. The summed E-state index contributed by atoms with van der Waals surface area (Å²) in [6.07, 6.45) is 1.32. The summed E-state index contributed by atoms with van der Waals surface area (Å²) in [5, 5.41) is 14.7. The van der Waals surface area contributed by atoms with Crippen molar-refractivity contribution in [3.63, 3.8) is 0 Å². The van der Waals surface area contributed by atoms with Crippen LogP contribution in [-0.4, -0.2) is 43.1 Å². The van der Waals surface area contributed by atoms with E-state index < -0.39 is 23.9 Å². The van der Waals surface area contributed by atoms with Crippen LogP contribution in [0, 0.1) is 0 Å². The van der Waals surface area contributed by atoms with Gasteiger partial charge in [-0.15, -0.1) is 11.8 Å². The van der Waals surface area contributed by atoms with Gasteiger partial charge in [0.1, 0.15) is 33.8 Å². The van der Waals surface area contributed by atoms with E-state index in [0.717, 1.165) is 5.56 Å². The van der Waals surface area contributed by atoms with Crippen molar-refractivity contribution in [2.75, 3.05) is 6.54 Å². The molecular formula is C15H11Cl2N5O4S. The van der Waals surface area contributed by atoms with E-state index in [0.29, 0.717) is 10.8 Å². The molecule has 0 bridgehead atoms. The van der Waals surface area contributed by atoms with Crippen molar-refractivity contribution in [2.24, 2.45) is 0 Å². The first-order valence-electron chi connectivity index (χ1n) is 7.39. The third-order valence-corrected chi connectivity index (χ3v) is 5.01. The van der Waals surface area contributed by atoms with Crippen molar-refractivity contribution in [3.8, 4) is 0 Å². The molecule has 0 aliphatic carbocycles. The van der Waals surface area contributed by atoms with Crippen LogP contribution in [0.1, 0.15) is 15.9 Å². The fraction of sp³-hybridized carbons (Fsp3) is 0.133. The number of carbonyl (C=O) groups excluding carboxylic acids is 1. The summed E-state index contributed by atoms with van der Waals surface area (Å²) >= 11 is 13.1. The van der Waals surface area contributed by atoms with Crippen LogP contribution in [-0.2, 0) is 10.5 Å². The molecule has 3 N–H and O–H groups in total. The predicted molar refractivity (Wildman–Crippen MR) is 99.6 cm³/mol. The number of aromatic nitrogens is 4. The second-order valence-corrected chi connectivity index (χ2v) is 6.96. The van der Waals surface area contributed by atoms with Crippen LogP contribution < -0.4 is 10.7 Å². The highest BCUT2D eigenvalue weighted by Gasteiger charge is 2.20. The Labute approximate surface area is 165 Å². The van der Waals surface area contributed by atoms with Crippen LogP contribution in [0.3, 0.4) is 0 Å². The maximum absolute atomic E-state index is 12.4. The fourth-order valence-corrected chi connectivity index (χ4v) is 3.72. The topological polar surface area (TPSA) is 129 Å². The summed E-state index contributed by atoms with van der Waals surface area (Å²) in [5.74, 6) is -1.63. The zero-order valence-electron chi connectivity index (χ0n) is 13.4. The molecule has 0 aliphatic rings. The number of H-pyrrole nitrogens is 1. The van der Waals surface area contributed by atoms with E-state index in [4.69, 9.17) is 28.3 Å². The molecule has 0 radical (unpaired) electrons. The Morgan fingerprint density at radius 1 is 1.33 bits per heavy atom. The number of pyridine rings is 2. The van der Waals surface area contributed by atoms with Crippen molar-refractivity contribution in [3.05, 3.63) is 56.2 Å². The van der Waals surface area contributed by atoms with Crippen molar-refractivity contribution >= 4 is 52.5 Å². The smallest absolute Gasteiger partial charge is 0.322 e. The highest BCUT2D eigenvalue weighted by molar-refractivity contribution is 7.98. The minimum absolute atomic E-state index is 0.0909. The molecule has 140 valence electrons. The molecule has 0 atom stereocenters. The summed E-state index contributed by atoms with van der Waals surface area (Å²) < 4.78 is 1.46. The Morgan fingerprint density at radius 3 is 2.81 bits per heavy atom. The number of aromatic amines is 1. The van der Waals surface area contributed by atoms with Crippen LogP contribution in [0.15, 0.2) is 34.3 Å². The maximum Gasteiger partial charge on any atom is 0.322 e. The first kappa shape index (κ1) is 19.2. The number of hydrogen-bond donors (Lipinski definition) is 3. The molecule has 1 amide bonds. The molecule has 0 saturated heterocycles. The van der Waals surface area contributed by atoms with E-state index in [1.165, 1.54) is 28.7 Å². The van der Waals surface area contributed by atoms with Gasteiger partial charge in [-0.3, -0.25) is 19.5 Å². The van der Waals surface area contributed by atoms with Crippen molar-refractivity contribution < 1.29 is 14.7 Å². The Morgan fingerprint density at radius 2 is 2.11 bits per heavy atom. The Bertz CT molecular complexity index is 1100. The van der Waals surface area contributed by atoms with Gasteiger partial charge in [-0.2, -0.15) is 0 Å². The average molecular weight is 428 g/mol. The van der Waals surface area contributed by atoms with Crippen molar-refractivity contribution in [1.29, 1.82) is 0 Å². The molecule has 3 rings (SSSR count). The predicted octanol–water partition coefficient (Wildman–Crippen LogP) is 1.83. The summed E-state index contributed by atoms with van der Waals surface area (Å²) in [6, 6.07) is 4.60. The van der Waals surface area contributed by atoms with Crippen LogP contribution >= 0.6 is 35.0 Å². The van der Waals surface area contributed by atoms with Gasteiger partial charge in [0.25, 0.3) is 5.91 Å². The van der Waals surface area contributed by atoms with E-state index in [9.17, 15) is 14.4 Å². The molecule has 0 saturated carbocycles. The van der Waals surface area contributed by atoms with E-state index >= 15 is 0 Å². The lowest BCUT2D eigenvalue weighted by Gasteiger charge is -2.08. The summed E-state index contributed by atoms with van der Waals surface area (Å²) in [5.41, 5.74) is -0.0101. The number of nitrogens with zero attached hydrogens (tertiary/aromatic N) is 3. The number of fused-ring (bicyclic) bond motifs is 1. The van der Waals surface area contributed by atoms with Crippen LogP contribution in [0.2, 0.25) is 10.3 Å². The lowest BCUT2D eigenvalue weighted by atomic mass is 10.2. The van der Waals surface area contributed by atoms with Crippen molar-refractivity contribution in [1.82, 2.24) is 24.9 Å². The first-order valence-corrected chi connectivity index (χ1v) is 9.14. The van der Waals surface area contributed by atoms with Gasteiger partial charge in [0, 0.05) is 11.8 Å². The number of nitrogens with one attached hydrogen (secondary N) is 2. The zero-order chi connectivity index (χ0) is 19.6. The number of carboxylic acid groups (broad SMARTS) is 1. The van der Waals surface area contributed by atoms with Gasteiger partial charge in [-0.1, -0.05) is 29.3 Å². The Kier molecular flexibility index (Phi) is 5.68. The lowest BCUT2D eigenvalue weighted by Crippen LogP contribution is -2.33. The molecule has 0 unspecified atom stereocenters. The lowest BCUT2D eigenvalue weighted by molar-refractivity contribution is -0.135. The van der Waals surface area contributed by atoms with Crippen LogP contribution in [0.5, 0.6) is 0 Å². The van der Waals surface area contributed by atoms with Gasteiger partial charge in [-0.05, 0) is 11.6 Å². The summed E-state index contributed by atoms with van der Waals surface area (Å²) in [7, 11) is 0. The number of amides is 1. The molecule has 12 heteroatoms. The molecule has 3 aromatic heterocycles. The number of hydrogen-bond acceptors (Lipinski definition) is 6. The van der Waals surface area contributed by atoms with Crippen LogP contribution in [0.4, 0.5) is 0 Å². The summed E-state index contributed by atoms with van der Waals surface area (Å²) in [4.78, 5) is 43.1. The first-order chi connectivity index (χ1) is 12.9. The monoisotopic (exact) mass is 427 g/mol. The fourth-order valence-electron chi connectivity index (χ4n) is 2.23. The Balaban J connectivity index is 1.91. The SMILES string of the molecule is O=C(O)CNC(=O)c1c(=O)cc(SCc2ccc(Cl)nc2Cl)n2[nH]cnc12. The number of carboxylic acids is 1. The van der Waals surface area contributed by atoms with E-state index in [-0.39, 0.29) is 21.5 Å². The quantitative estimate of drug-likeness (QED) is 0.404. The normalized spacial score (nSPS) is 10.9. The number of carbonyl (C=O) groups is 2.